The van der Waals surface area contributed by atoms with Crippen LogP contribution in [0, 0.1) is 5.92 Å². The third-order valence-corrected chi connectivity index (χ3v) is 3.73. The molecule has 6 heteroatoms. The Balaban J connectivity index is -0.000000367. The zero-order valence-corrected chi connectivity index (χ0v) is 20.7. The van der Waals surface area contributed by atoms with Crippen LogP contribution < -0.4 is 64.8 Å². The molecule has 0 aliphatic rings. The van der Waals surface area contributed by atoms with Crippen molar-refractivity contribution in [2.24, 2.45) is 11.7 Å². The van der Waals surface area contributed by atoms with Crippen molar-refractivity contribution in [3.63, 3.8) is 0 Å². The first-order valence-electron chi connectivity index (χ1n) is 8.97. The molecule has 0 spiro atoms. The minimum Gasteiger partial charge on any atom is -1.00 e. The van der Waals surface area contributed by atoms with Crippen LogP contribution in [0.5, 0.6) is 0 Å². The first kappa shape index (κ1) is 29.8. The predicted molar refractivity (Wildman–Crippen MR) is 92.6 cm³/mol. The zero-order chi connectivity index (χ0) is 16.8. The molecule has 134 valence electrons. The van der Waals surface area contributed by atoms with Crippen molar-refractivity contribution < 1.29 is 76.3 Å². The molecule has 0 bridgehead atoms. The Labute approximate surface area is 196 Å². The van der Waals surface area contributed by atoms with Gasteiger partial charge in [0.2, 0.25) is 0 Å². The Hall–Kier alpha value is 1.10. The molecule has 0 saturated heterocycles. The van der Waals surface area contributed by atoms with Crippen LogP contribution in [0.4, 0.5) is 0 Å². The fraction of sp³-hybridized carbons (Fsp3) is 0.889. The van der Waals surface area contributed by atoms with Crippen LogP contribution in [0.3, 0.4) is 0 Å². The molecule has 2 N–H and O–H groups in total. The molecule has 0 heterocycles. The maximum atomic E-state index is 11.6. The number of carbonyl (C=O) groups excluding carboxylic acids is 2. The molecule has 0 aromatic rings. The predicted octanol–water partition coefficient (Wildman–Crippen LogP) is -1.42. The first-order chi connectivity index (χ1) is 10.5. The van der Waals surface area contributed by atoms with Crippen LogP contribution in [-0.2, 0) is 14.3 Å². The number of nitrogens with two attached hydrogens (primary N) is 1. The monoisotopic (exact) mass is 361 g/mol. The van der Waals surface area contributed by atoms with Crippen LogP contribution >= 0.6 is 0 Å². The number of rotatable bonds is 13. The van der Waals surface area contributed by atoms with E-state index in [-0.39, 0.29) is 62.0 Å². The summed E-state index contributed by atoms with van der Waals surface area (Å²) in [5.74, 6) is -0.711. The van der Waals surface area contributed by atoms with Crippen molar-refractivity contribution >= 4 is 11.9 Å². The van der Waals surface area contributed by atoms with Gasteiger partial charge in [-0.25, -0.2) is 4.79 Å². The molecule has 0 amide bonds. The molecule has 0 rings (SSSR count). The summed E-state index contributed by atoms with van der Waals surface area (Å²) in [6.07, 6.45) is 11.6. The second-order valence-corrected chi connectivity index (χ2v) is 6.61. The van der Waals surface area contributed by atoms with Gasteiger partial charge in [-0.3, -0.25) is 4.79 Å². The molecule has 0 saturated carbocycles. The molecule has 24 heavy (non-hydrogen) atoms. The Kier molecular flexibility index (Phi) is 25.4. The quantitative estimate of drug-likeness (QED) is 0.189. The average molecular weight is 361 g/mol. The van der Waals surface area contributed by atoms with Crippen LogP contribution in [0.25, 0.3) is 0 Å². The molecule has 0 aliphatic heterocycles. The van der Waals surface area contributed by atoms with E-state index >= 15 is 0 Å². The van der Waals surface area contributed by atoms with E-state index in [0.29, 0.717) is 18.8 Å². The zero-order valence-electron chi connectivity index (χ0n) is 18.7. The SMILES string of the molecule is CCCCCCCCCCCC(=O)OC(=O)[C@@H](N)CC(C)C.[H-].[H-].[Na+].[Na+]. The number of unbranched alkanes of at least 4 members (excludes halogenated alkanes) is 8. The van der Waals surface area contributed by atoms with Gasteiger partial charge in [0.1, 0.15) is 6.04 Å². The Bertz CT molecular complexity index is 323. The number of carbonyl (C=O) groups is 2. The maximum absolute atomic E-state index is 11.6. The summed E-state index contributed by atoms with van der Waals surface area (Å²) in [5.41, 5.74) is 5.68. The van der Waals surface area contributed by atoms with E-state index in [2.05, 4.69) is 6.92 Å². The van der Waals surface area contributed by atoms with E-state index in [1.807, 2.05) is 13.8 Å². The molecule has 0 fully saturated rings. The van der Waals surface area contributed by atoms with Crippen molar-refractivity contribution in [3.8, 4) is 0 Å². The van der Waals surface area contributed by atoms with Crippen LogP contribution in [-0.4, -0.2) is 18.0 Å². The smallest absolute Gasteiger partial charge is 1.00 e. The van der Waals surface area contributed by atoms with Crippen molar-refractivity contribution in [2.75, 3.05) is 0 Å². The largest absolute Gasteiger partial charge is 1.00 e. The van der Waals surface area contributed by atoms with Crippen LogP contribution in [0.1, 0.15) is 94.3 Å². The molecular formula is C18H37NNa2O3. The Morgan fingerprint density at radius 3 is 1.83 bits per heavy atom. The Morgan fingerprint density at radius 2 is 1.38 bits per heavy atom. The van der Waals surface area contributed by atoms with Crippen molar-refractivity contribution in [3.05, 3.63) is 0 Å². The van der Waals surface area contributed by atoms with Gasteiger partial charge in [0.25, 0.3) is 0 Å². The fourth-order valence-electron chi connectivity index (χ4n) is 2.42. The summed E-state index contributed by atoms with van der Waals surface area (Å²) >= 11 is 0. The minimum absolute atomic E-state index is 0. The summed E-state index contributed by atoms with van der Waals surface area (Å²) in [7, 11) is 0. The second-order valence-electron chi connectivity index (χ2n) is 6.61. The van der Waals surface area contributed by atoms with Gasteiger partial charge in [-0.1, -0.05) is 72.1 Å². The molecule has 0 aromatic heterocycles. The topological polar surface area (TPSA) is 69.4 Å². The summed E-state index contributed by atoms with van der Waals surface area (Å²) in [4.78, 5) is 23.1. The number of hydrogen-bond donors (Lipinski definition) is 1. The first-order valence-corrected chi connectivity index (χ1v) is 8.97. The van der Waals surface area contributed by atoms with Crippen LogP contribution in [0.2, 0.25) is 0 Å². The van der Waals surface area contributed by atoms with Gasteiger partial charge in [0.15, 0.2) is 0 Å². The molecule has 0 unspecified atom stereocenters. The Morgan fingerprint density at radius 1 is 0.917 bits per heavy atom. The van der Waals surface area contributed by atoms with E-state index in [1.54, 1.807) is 0 Å². The number of esters is 2. The minimum atomic E-state index is -0.688. The summed E-state index contributed by atoms with van der Waals surface area (Å²) in [5, 5.41) is 0. The van der Waals surface area contributed by atoms with E-state index < -0.39 is 18.0 Å². The van der Waals surface area contributed by atoms with E-state index in [1.165, 1.54) is 38.5 Å². The molecule has 0 radical (unpaired) electrons. The van der Waals surface area contributed by atoms with Crippen molar-refractivity contribution in [1.29, 1.82) is 0 Å². The van der Waals surface area contributed by atoms with E-state index in [4.69, 9.17) is 10.5 Å². The number of hydrogen-bond acceptors (Lipinski definition) is 4. The summed E-state index contributed by atoms with van der Waals surface area (Å²) in [6, 6.07) is -0.688. The molecule has 0 aromatic carbocycles. The molecule has 4 nitrogen and oxygen atoms in total. The van der Waals surface area contributed by atoms with E-state index in [9.17, 15) is 9.59 Å². The standard InChI is InChI=1S/C18H35NO3.2Na.2H/c1-4-5-6-7-8-9-10-11-12-13-17(20)22-18(21)16(19)14-15(2)3;;;;/h15-16H,4-14,19H2,1-3H3;;;;/q;2*+1;2*-1/t16-;;;;/m0..../s1. The third kappa shape index (κ3) is 19.4. The third-order valence-electron chi connectivity index (χ3n) is 3.73. The fourth-order valence-corrected chi connectivity index (χ4v) is 2.42. The summed E-state index contributed by atoms with van der Waals surface area (Å²) in [6.45, 7) is 6.19. The molecule has 1 atom stereocenters. The van der Waals surface area contributed by atoms with E-state index in [0.717, 1.165) is 19.3 Å². The van der Waals surface area contributed by atoms with Crippen molar-refractivity contribution in [2.45, 2.75) is 97.4 Å². The van der Waals surface area contributed by atoms with Gasteiger partial charge in [0, 0.05) is 6.42 Å². The summed E-state index contributed by atoms with van der Waals surface area (Å²) < 4.78 is 4.78. The van der Waals surface area contributed by atoms with Crippen molar-refractivity contribution in [1.82, 2.24) is 0 Å². The average Bonchev–Trinajstić information content (AvgIpc) is 2.44. The molecular weight excluding hydrogens is 324 g/mol. The van der Waals surface area contributed by atoms with Gasteiger partial charge >= 0.3 is 71.1 Å². The number of ether oxygens (including phenoxy) is 1. The van der Waals surface area contributed by atoms with Gasteiger partial charge in [-0.15, -0.1) is 0 Å². The molecule has 0 aliphatic carbocycles. The normalized spacial score (nSPS) is 11.4. The van der Waals surface area contributed by atoms with Gasteiger partial charge in [-0.2, -0.15) is 0 Å². The van der Waals surface area contributed by atoms with Gasteiger partial charge in [-0.05, 0) is 18.8 Å². The maximum Gasteiger partial charge on any atom is 1.00 e. The second kappa shape index (κ2) is 20.4. The van der Waals surface area contributed by atoms with Crippen LogP contribution in [0.15, 0.2) is 0 Å². The van der Waals surface area contributed by atoms with Gasteiger partial charge < -0.3 is 13.3 Å². The van der Waals surface area contributed by atoms with Gasteiger partial charge in [0.05, 0.1) is 0 Å².